The standard InChI is InChI=1S/C15H23N3OS/c1-10-9-20-14(17-10)13-5-3-4-6-18(13)15(19)11(2)12-7-16-8-12/h9,11-13,16H,3-8H2,1-2H3. The van der Waals surface area contributed by atoms with Crippen molar-refractivity contribution in [3.05, 3.63) is 16.1 Å². The van der Waals surface area contributed by atoms with Gasteiger partial charge in [-0.1, -0.05) is 6.92 Å². The lowest BCUT2D eigenvalue weighted by Gasteiger charge is -2.40. The Kier molecular flexibility index (Phi) is 4.08. The quantitative estimate of drug-likeness (QED) is 0.930. The summed E-state index contributed by atoms with van der Waals surface area (Å²) in [5.74, 6) is 0.982. The first kappa shape index (κ1) is 14.0. The zero-order valence-corrected chi connectivity index (χ0v) is 13.1. The second-order valence-corrected chi connectivity index (χ2v) is 6.97. The molecule has 0 radical (unpaired) electrons. The first-order valence-electron chi connectivity index (χ1n) is 7.60. The van der Waals surface area contributed by atoms with E-state index in [4.69, 9.17) is 0 Å². The fourth-order valence-corrected chi connectivity index (χ4v) is 4.05. The van der Waals surface area contributed by atoms with Gasteiger partial charge in [0.05, 0.1) is 6.04 Å². The van der Waals surface area contributed by atoms with E-state index in [1.165, 1.54) is 6.42 Å². The monoisotopic (exact) mass is 293 g/mol. The first-order valence-corrected chi connectivity index (χ1v) is 8.48. The number of thiazole rings is 1. The molecular formula is C15H23N3OS. The van der Waals surface area contributed by atoms with Crippen molar-refractivity contribution >= 4 is 17.2 Å². The van der Waals surface area contributed by atoms with Crippen LogP contribution in [0, 0.1) is 18.8 Å². The highest BCUT2D eigenvalue weighted by atomic mass is 32.1. The minimum Gasteiger partial charge on any atom is -0.333 e. The van der Waals surface area contributed by atoms with Crippen molar-refractivity contribution in [1.82, 2.24) is 15.2 Å². The Labute approximate surface area is 124 Å². The summed E-state index contributed by atoms with van der Waals surface area (Å²) < 4.78 is 0. The van der Waals surface area contributed by atoms with Crippen molar-refractivity contribution < 1.29 is 4.79 Å². The fourth-order valence-electron chi connectivity index (χ4n) is 3.11. The van der Waals surface area contributed by atoms with Crippen molar-refractivity contribution in [2.45, 2.75) is 39.2 Å². The first-order chi connectivity index (χ1) is 9.66. The van der Waals surface area contributed by atoms with E-state index in [-0.39, 0.29) is 12.0 Å². The second-order valence-electron chi connectivity index (χ2n) is 6.08. The van der Waals surface area contributed by atoms with Gasteiger partial charge in [0.25, 0.3) is 0 Å². The molecule has 3 heterocycles. The van der Waals surface area contributed by atoms with Crippen LogP contribution in [0.15, 0.2) is 5.38 Å². The summed E-state index contributed by atoms with van der Waals surface area (Å²) >= 11 is 1.70. The Balaban J connectivity index is 1.76. The molecule has 0 aliphatic carbocycles. The van der Waals surface area contributed by atoms with Crippen LogP contribution in [-0.2, 0) is 4.79 Å². The van der Waals surface area contributed by atoms with E-state index in [9.17, 15) is 4.79 Å². The Bertz CT molecular complexity index is 483. The number of aromatic nitrogens is 1. The van der Waals surface area contributed by atoms with E-state index in [0.717, 1.165) is 43.2 Å². The predicted octanol–water partition coefficient (Wildman–Crippen LogP) is 2.36. The molecular weight excluding hydrogens is 270 g/mol. The van der Waals surface area contributed by atoms with E-state index in [1.54, 1.807) is 11.3 Å². The third kappa shape index (κ3) is 2.61. The molecule has 2 fully saturated rings. The van der Waals surface area contributed by atoms with E-state index < -0.39 is 0 Å². The molecule has 0 spiro atoms. The molecule has 2 saturated heterocycles. The van der Waals surface area contributed by atoms with Gasteiger partial charge in [-0.3, -0.25) is 4.79 Å². The minimum atomic E-state index is 0.137. The molecule has 110 valence electrons. The molecule has 1 amide bonds. The predicted molar refractivity (Wildman–Crippen MR) is 80.7 cm³/mol. The van der Waals surface area contributed by atoms with Gasteiger partial charge < -0.3 is 10.2 Å². The molecule has 5 heteroatoms. The summed E-state index contributed by atoms with van der Waals surface area (Å²) in [7, 11) is 0. The van der Waals surface area contributed by atoms with Crippen LogP contribution in [0.3, 0.4) is 0 Å². The van der Waals surface area contributed by atoms with Crippen LogP contribution in [0.1, 0.15) is 42.9 Å². The average Bonchev–Trinajstić information content (AvgIpc) is 2.82. The smallest absolute Gasteiger partial charge is 0.226 e. The third-order valence-electron chi connectivity index (χ3n) is 4.62. The van der Waals surface area contributed by atoms with Crippen LogP contribution in [0.25, 0.3) is 0 Å². The van der Waals surface area contributed by atoms with Gasteiger partial charge >= 0.3 is 0 Å². The van der Waals surface area contributed by atoms with Crippen molar-refractivity contribution in [3.8, 4) is 0 Å². The summed E-state index contributed by atoms with van der Waals surface area (Å²) in [6, 6.07) is 0.213. The lowest BCUT2D eigenvalue weighted by Crippen LogP contribution is -2.51. The molecule has 0 aromatic carbocycles. The zero-order chi connectivity index (χ0) is 14.1. The van der Waals surface area contributed by atoms with E-state index in [2.05, 4.69) is 27.5 Å². The van der Waals surface area contributed by atoms with Crippen LogP contribution in [0.2, 0.25) is 0 Å². The number of piperidine rings is 1. The van der Waals surface area contributed by atoms with Crippen molar-refractivity contribution in [1.29, 1.82) is 0 Å². The van der Waals surface area contributed by atoms with Gasteiger partial charge in [-0.25, -0.2) is 4.98 Å². The van der Waals surface area contributed by atoms with Crippen LogP contribution < -0.4 is 5.32 Å². The van der Waals surface area contributed by atoms with Crippen molar-refractivity contribution in [3.63, 3.8) is 0 Å². The van der Waals surface area contributed by atoms with Gasteiger partial charge in [-0.2, -0.15) is 0 Å². The van der Waals surface area contributed by atoms with Crippen LogP contribution >= 0.6 is 11.3 Å². The van der Waals surface area contributed by atoms with Gasteiger partial charge in [0.1, 0.15) is 5.01 Å². The molecule has 2 atom stereocenters. The summed E-state index contributed by atoms with van der Waals surface area (Å²) in [5.41, 5.74) is 1.07. The zero-order valence-electron chi connectivity index (χ0n) is 12.3. The number of carbonyl (C=O) groups excluding carboxylic acids is 1. The number of rotatable bonds is 3. The number of nitrogens with zero attached hydrogens (tertiary/aromatic N) is 2. The molecule has 4 nitrogen and oxygen atoms in total. The summed E-state index contributed by atoms with van der Waals surface area (Å²) in [4.78, 5) is 19.5. The van der Waals surface area contributed by atoms with Crippen LogP contribution in [0.5, 0.6) is 0 Å². The molecule has 2 aliphatic heterocycles. The number of hydrogen-bond donors (Lipinski definition) is 1. The minimum absolute atomic E-state index is 0.137. The van der Waals surface area contributed by atoms with Gasteiger partial charge in [0.15, 0.2) is 0 Å². The molecule has 1 N–H and O–H groups in total. The summed E-state index contributed by atoms with van der Waals surface area (Å²) in [5, 5.41) is 6.47. The highest BCUT2D eigenvalue weighted by Gasteiger charge is 2.36. The Hall–Kier alpha value is -0.940. The topological polar surface area (TPSA) is 45.2 Å². The lowest BCUT2D eigenvalue weighted by atomic mass is 9.87. The normalized spacial score (nSPS) is 25.3. The van der Waals surface area contributed by atoms with Gasteiger partial charge in [-0.05, 0) is 45.2 Å². The summed E-state index contributed by atoms with van der Waals surface area (Å²) in [6.45, 7) is 6.99. The van der Waals surface area contributed by atoms with E-state index >= 15 is 0 Å². The maximum absolute atomic E-state index is 12.8. The third-order valence-corrected chi connectivity index (χ3v) is 5.68. The number of hydrogen-bond acceptors (Lipinski definition) is 4. The van der Waals surface area contributed by atoms with Gasteiger partial charge in [0, 0.05) is 23.5 Å². The Morgan fingerprint density at radius 3 is 2.90 bits per heavy atom. The van der Waals surface area contributed by atoms with Gasteiger partial charge in [0.2, 0.25) is 5.91 Å². The SMILES string of the molecule is Cc1csc(C2CCCCN2C(=O)C(C)C2CNC2)n1. The largest absolute Gasteiger partial charge is 0.333 e. The average molecular weight is 293 g/mol. The molecule has 2 unspecified atom stereocenters. The number of carbonyl (C=O) groups is 1. The highest BCUT2D eigenvalue weighted by Crippen LogP contribution is 2.34. The van der Waals surface area contributed by atoms with Gasteiger partial charge in [-0.15, -0.1) is 11.3 Å². The van der Waals surface area contributed by atoms with E-state index in [1.807, 2.05) is 6.92 Å². The maximum Gasteiger partial charge on any atom is 0.226 e. The molecule has 2 aliphatic rings. The molecule has 1 aromatic heterocycles. The molecule has 1 aromatic rings. The van der Waals surface area contributed by atoms with Crippen molar-refractivity contribution in [2.24, 2.45) is 11.8 Å². The molecule has 0 saturated carbocycles. The van der Waals surface area contributed by atoms with Crippen LogP contribution in [-0.4, -0.2) is 35.4 Å². The number of likely N-dealkylation sites (tertiary alicyclic amines) is 1. The second kappa shape index (κ2) is 5.82. The van der Waals surface area contributed by atoms with E-state index in [0.29, 0.717) is 11.8 Å². The maximum atomic E-state index is 12.8. The number of nitrogens with one attached hydrogen (secondary N) is 1. The fraction of sp³-hybridized carbons (Fsp3) is 0.733. The van der Waals surface area contributed by atoms with Crippen LogP contribution in [0.4, 0.5) is 0 Å². The molecule has 3 rings (SSSR count). The lowest BCUT2D eigenvalue weighted by molar-refractivity contribution is -0.141. The highest BCUT2D eigenvalue weighted by molar-refractivity contribution is 7.09. The molecule has 0 bridgehead atoms. The van der Waals surface area contributed by atoms with Crippen molar-refractivity contribution in [2.75, 3.05) is 19.6 Å². The summed E-state index contributed by atoms with van der Waals surface area (Å²) in [6.07, 6.45) is 3.39. The Morgan fingerprint density at radius 1 is 1.50 bits per heavy atom. The number of amides is 1. The number of aryl methyl sites for hydroxylation is 1. The molecule has 20 heavy (non-hydrogen) atoms. The Morgan fingerprint density at radius 2 is 2.30 bits per heavy atom.